The van der Waals surface area contributed by atoms with Gasteiger partial charge in [-0.2, -0.15) is 0 Å². The normalized spacial score (nSPS) is 11.6. The van der Waals surface area contributed by atoms with Crippen molar-refractivity contribution in [3.05, 3.63) is 65.7 Å². The lowest BCUT2D eigenvalue weighted by Crippen LogP contribution is -2.20. The summed E-state index contributed by atoms with van der Waals surface area (Å²) < 4.78 is 25.6. The second-order valence-corrected chi connectivity index (χ2v) is 8.56. The average Bonchev–Trinajstić information content (AvgIpc) is 2.72. The standard InChI is InChI=1S/C21H25N3O4S/c1-15(2)21(26)24-18-9-4-17(5-10-18)14-23-20(25)13-8-16-6-11-19(12-7-16)29(27,28)22-3/h4-13,15,22H,14H2,1-3H3,(H,23,25)(H,24,26)/b13-8+. The smallest absolute Gasteiger partial charge is 0.244 e. The van der Waals surface area contributed by atoms with E-state index in [1.807, 2.05) is 26.0 Å². The number of sulfonamides is 1. The Morgan fingerprint density at radius 1 is 1.00 bits per heavy atom. The van der Waals surface area contributed by atoms with Gasteiger partial charge in [-0.3, -0.25) is 9.59 Å². The molecule has 3 N–H and O–H groups in total. The van der Waals surface area contributed by atoms with Crippen molar-refractivity contribution in [1.82, 2.24) is 10.0 Å². The van der Waals surface area contributed by atoms with Gasteiger partial charge in [-0.25, -0.2) is 13.1 Å². The molecule has 0 heterocycles. The topological polar surface area (TPSA) is 104 Å². The molecular weight excluding hydrogens is 390 g/mol. The first-order valence-corrected chi connectivity index (χ1v) is 10.6. The molecule has 0 aliphatic rings. The van der Waals surface area contributed by atoms with Gasteiger partial charge in [0.2, 0.25) is 21.8 Å². The summed E-state index contributed by atoms with van der Waals surface area (Å²) in [4.78, 5) is 23.8. The van der Waals surface area contributed by atoms with Gasteiger partial charge in [-0.1, -0.05) is 38.1 Å². The van der Waals surface area contributed by atoms with Crippen molar-refractivity contribution in [2.45, 2.75) is 25.3 Å². The number of amides is 2. The average molecular weight is 416 g/mol. The molecule has 29 heavy (non-hydrogen) atoms. The molecule has 0 saturated heterocycles. The summed E-state index contributed by atoms with van der Waals surface area (Å²) in [6, 6.07) is 13.4. The highest BCUT2D eigenvalue weighted by atomic mass is 32.2. The minimum absolute atomic E-state index is 0.0484. The maximum absolute atomic E-state index is 12.0. The molecule has 2 amide bonds. The van der Waals surface area contributed by atoms with Gasteiger partial charge in [0, 0.05) is 24.2 Å². The predicted molar refractivity (Wildman–Crippen MR) is 113 cm³/mol. The number of nitrogens with one attached hydrogen (secondary N) is 3. The third-order valence-corrected chi connectivity index (χ3v) is 5.53. The maximum Gasteiger partial charge on any atom is 0.244 e. The van der Waals surface area contributed by atoms with Crippen molar-refractivity contribution in [2.24, 2.45) is 5.92 Å². The molecular formula is C21H25N3O4S. The molecule has 0 aliphatic heterocycles. The van der Waals surface area contributed by atoms with Crippen molar-refractivity contribution in [1.29, 1.82) is 0 Å². The number of benzene rings is 2. The predicted octanol–water partition coefficient (Wildman–Crippen LogP) is 2.52. The van der Waals surface area contributed by atoms with Gasteiger partial charge >= 0.3 is 0 Å². The fraction of sp³-hybridized carbons (Fsp3) is 0.238. The molecule has 0 atom stereocenters. The van der Waals surface area contributed by atoms with Gasteiger partial charge in [-0.05, 0) is 48.5 Å². The van der Waals surface area contributed by atoms with E-state index in [4.69, 9.17) is 0 Å². The Labute approximate surface area is 171 Å². The Balaban J connectivity index is 1.87. The van der Waals surface area contributed by atoms with Crippen molar-refractivity contribution in [2.75, 3.05) is 12.4 Å². The highest BCUT2D eigenvalue weighted by molar-refractivity contribution is 7.89. The summed E-state index contributed by atoms with van der Waals surface area (Å²) in [5.41, 5.74) is 2.32. The van der Waals surface area contributed by atoms with E-state index < -0.39 is 10.0 Å². The summed E-state index contributed by atoms with van der Waals surface area (Å²) in [5.74, 6) is -0.411. The van der Waals surface area contributed by atoms with E-state index >= 15 is 0 Å². The fourth-order valence-electron chi connectivity index (χ4n) is 2.29. The highest BCUT2D eigenvalue weighted by Gasteiger charge is 2.10. The molecule has 2 aromatic rings. The van der Waals surface area contributed by atoms with Gasteiger partial charge in [0.05, 0.1) is 4.90 Å². The Hall–Kier alpha value is -2.97. The summed E-state index contributed by atoms with van der Waals surface area (Å²) in [5, 5.41) is 5.58. The number of carbonyl (C=O) groups excluding carboxylic acids is 2. The van der Waals surface area contributed by atoms with E-state index in [1.165, 1.54) is 25.3 Å². The Morgan fingerprint density at radius 3 is 2.17 bits per heavy atom. The molecule has 0 unspecified atom stereocenters. The molecule has 0 fully saturated rings. The van der Waals surface area contributed by atoms with E-state index in [1.54, 1.807) is 30.3 Å². The first-order chi connectivity index (χ1) is 13.7. The van der Waals surface area contributed by atoms with E-state index in [2.05, 4.69) is 15.4 Å². The quantitative estimate of drug-likeness (QED) is 0.576. The van der Waals surface area contributed by atoms with Crippen LogP contribution in [0.25, 0.3) is 6.08 Å². The molecule has 0 radical (unpaired) electrons. The van der Waals surface area contributed by atoms with Gasteiger partial charge in [0.15, 0.2) is 0 Å². The summed E-state index contributed by atoms with van der Waals surface area (Å²) >= 11 is 0. The van der Waals surface area contributed by atoms with Crippen molar-refractivity contribution >= 4 is 33.6 Å². The zero-order chi connectivity index (χ0) is 21.4. The number of hydrogen-bond donors (Lipinski definition) is 3. The Kier molecular flexibility index (Phi) is 7.69. The molecule has 2 aromatic carbocycles. The zero-order valence-corrected chi connectivity index (χ0v) is 17.4. The lowest BCUT2D eigenvalue weighted by molar-refractivity contribution is -0.119. The lowest BCUT2D eigenvalue weighted by Gasteiger charge is -2.08. The van der Waals surface area contributed by atoms with E-state index in [0.29, 0.717) is 17.8 Å². The van der Waals surface area contributed by atoms with Crippen LogP contribution in [-0.4, -0.2) is 27.3 Å². The lowest BCUT2D eigenvalue weighted by atomic mass is 10.1. The number of hydrogen-bond acceptors (Lipinski definition) is 4. The Bertz CT molecular complexity index is 980. The zero-order valence-electron chi connectivity index (χ0n) is 16.6. The molecule has 8 heteroatoms. The number of rotatable bonds is 8. The second kappa shape index (κ2) is 9.99. The van der Waals surface area contributed by atoms with Crippen LogP contribution >= 0.6 is 0 Å². The minimum atomic E-state index is -3.48. The molecule has 0 aromatic heterocycles. The summed E-state index contributed by atoms with van der Waals surface area (Å²) in [7, 11) is -2.13. The van der Waals surface area contributed by atoms with Gasteiger partial charge in [-0.15, -0.1) is 0 Å². The molecule has 0 aliphatic carbocycles. The van der Waals surface area contributed by atoms with Crippen LogP contribution in [0.15, 0.2) is 59.5 Å². The Morgan fingerprint density at radius 2 is 1.62 bits per heavy atom. The monoisotopic (exact) mass is 415 g/mol. The molecule has 0 saturated carbocycles. The highest BCUT2D eigenvalue weighted by Crippen LogP contribution is 2.12. The molecule has 7 nitrogen and oxygen atoms in total. The van der Waals surface area contributed by atoms with Crippen molar-refractivity contribution in [3.8, 4) is 0 Å². The summed E-state index contributed by atoms with van der Waals surface area (Å²) in [6.45, 7) is 4.00. The van der Waals surface area contributed by atoms with E-state index in [0.717, 1.165) is 5.56 Å². The first-order valence-electron chi connectivity index (χ1n) is 9.10. The molecule has 0 spiro atoms. The largest absolute Gasteiger partial charge is 0.348 e. The van der Waals surface area contributed by atoms with E-state index in [9.17, 15) is 18.0 Å². The SMILES string of the molecule is CNS(=O)(=O)c1ccc(/C=C/C(=O)NCc2ccc(NC(=O)C(C)C)cc2)cc1. The van der Waals surface area contributed by atoms with Crippen LogP contribution in [-0.2, 0) is 26.2 Å². The number of anilines is 1. The van der Waals surface area contributed by atoms with E-state index in [-0.39, 0.29) is 22.6 Å². The third-order valence-electron chi connectivity index (χ3n) is 4.10. The van der Waals surface area contributed by atoms with Crippen molar-refractivity contribution < 1.29 is 18.0 Å². The maximum atomic E-state index is 12.0. The van der Waals surface area contributed by atoms with Crippen molar-refractivity contribution in [3.63, 3.8) is 0 Å². The summed E-state index contributed by atoms with van der Waals surface area (Å²) in [6.07, 6.45) is 2.99. The second-order valence-electron chi connectivity index (χ2n) is 6.67. The molecule has 0 bridgehead atoms. The van der Waals surface area contributed by atoms with Gasteiger partial charge in [0.1, 0.15) is 0 Å². The molecule has 2 rings (SSSR count). The van der Waals surface area contributed by atoms with Crippen LogP contribution in [0.1, 0.15) is 25.0 Å². The first kappa shape index (κ1) is 22.3. The third kappa shape index (κ3) is 6.85. The van der Waals surface area contributed by atoms with Crippen LogP contribution in [0.4, 0.5) is 5.69 Å². The van der Waals surface area contributed by atoms with Crippen LogP contribution in [0, 0.1) is 5.92 Å². The van der Waals surface area contributed by atoms with Gasteiger partial charge in [0.25, 0.3) is 0 Å². The van der Waals surface area contributed by atoms with Crippen LogP contribution in [0.2, 0.25) is 0 Å². The van der Waals surface area contributed by atoms with Crippen LogP contribution < -0.4 is 15.4 Å². The molecule has 154 valence electrons. The minimum Gasteiger partial charge on any atom is -0.348 e. The number of carbonyl (C=O) groups is 2. The van der Waals surface area contributed by atoms with Crippen LogP contribution in [0.5, 0.6) is 0 Å². The fourth-order valence-corrected chi connectivity index (χ4v) is 3.02. The van der Waals surface area contributed by atoms with Crippen LogP contribution in [0.3, 0.4) is 0 Å². The van der Waals surface area contributed by atoms with Gasteiger partial charge < -0.3 is 10.6 Å².